The van der Waals surface area contributed by atoms with E-state index in [1.807, 2.05) is 36.4 Å². The van der Waals surface area contributed by atoms with E-state index in [4.69, 9.17) is 4.42 Å². The van der Waals surface area contributed by atoms with Gasteiger partial charge in [0.05, 0.1) is 12.8 Å². The standard InChI is InChI=1S/C17H15NO3/c19-15(16-9-4-10-21-16)11-18-17(20)14-8-3-6-12-5-1-2-7-13(12)14/h1-10,15,19H,11H2,(H,18,20). The van der Waals surface area contributed by atoms with E-state index in [1.54, 1.807) is 18.2 Å². The molecule has 2 N–H and O–H groups in total. The Balaban J connectivity index is 1.75. The number of rotatable bonds is 4. The fourth-order valence-electron chi connectivity index (χ4n) is 2.29. The molecule has 2 aromatic carbocycles. The summed E-state index contributed by atoms with van der Waals surface area (Å²) in [6, 6.07) is 16.7. The molecule has 0 aliphatic carbocycles. The minimum atomic E-state index is -0.848. The molecular formula is C17H15NO3. The topological polar surface area (TPSA) is 62.5 Å². The van der Waals surface area contributed by atoms with Gasteiger partial charge < -0.3 is 14.8 Å². The number of hydrogen-bond acceptors (Lipinski definition) is 3. The predicted octanol–water partition coefficient (Wildman–Crippen LogP) is 2.90. The number of carbonyl (C=O) groups is 1. The summed E-state index contributed by atoms with van der Waals surface area (Å²) in [6.45, 7) is 0.107. The average Bonchev–Trinajstić information content (AvgIpc) is 3.06. The van der Waals surface area contributed by atoms with Crippen molar-refractivity contribution >= 4 is 16.7 Å². The maximum Gasteiger partial charge on any atom is 0.252 e. The lowest BCUT2D eigenvalue weighted by Crippen LogP contribution is -2.28. The summed E-state index contributed by atoms with van der Waals surface area (Å²) in [5.41, 5.74) is 0.597. The van der Waals surface area contributed by atoms with Crippen molar-refractivity contribution in [1.82, 2.24) is 5.32 Å². The van der Waals surface area contributed by atoms with Crippen molar-refractivity contribution in [2.24, 2.45) is 0 Å². The summed E-state index contributed by atoms with van der Waals surface area (Å²) in [5.74, 6) is 0.227. The van der Waals surface area contributed by atoms with E-state index in [2.05, 4.69) is 5.32 Å². The summed E-state index contributed by atoms with van der Waals surface area (Å²) >= 11 is 0. The van der Waals surface area contributed by atoms with E-state index in [0.29, 0.717) is 11.3 Å². The van der Waals surface area contributed by atoms with Gasteiger partial charge in [-0.2, -0.15) is 0 Å². The van der Waals surface area contributed by atoms with Gasteiger partial charge >= 0.3 is 0 Å². The van der Waals surface area contributed by atoms with Gasteiger partial charge in [-0.3, -0.25) is 4.79 Å². The maximum atomic E-state index is 12.3. The molecule has 1 atom stereocenters. The van der Waals surface area contributed by atoms with Crippen LogP contribution in [0.25, 0.3) is 10.8 Å². The first-order valence-corrected chi connectivity index (χ1v) is 6.73. The number of carbonyl (C=O) groups excluding carboxylic acids is 1. The molecule has 3 aromatic rings. The first kappa shape index (κ1) is 13.4. The zero-order valence-corrected chi connectivity index (χ0v) is 11.3. The Hall–Kier alpha value is -2.59. The van der Waals surface area contributed by atoms with E-state index < -0.39 is 6.10 Å². The minimum absolute atomic E-state index is 0.107. The molecule has 21 heavy (non-hydrogen) atoms. The van der Waals surface area contributed by atoms with Crippen LogP contribution in [-0.4, -0.2) is 17.6 Å². The molecular weight excluding hydrogens is 266 g/mol. The van der Waals surface area contributed by atoms with E-state index >= 15 is 0 Å². The van der Waals surface area contributed by atoms with Crippen LogP contribution < -0.4 is 5.32 Å². The van der Waals surface area contributed by atoms with Gasteiger partial charge in [0, 0.05) is 5.56 Å². The van der Waals surface area contributed by atoms with Crippen LogP contribution in [0.1, 0.15) is 22.2 Å². The van der Waals surface area contributed by atoms with Crippen LogP contribution in [0.4, 0.5) is 0 Å². The van der Waals surface area contributed by atoms with E-state index in [0.717, 1.165) is 10.8 Å². The van der Waals surface area contributed by atoms with Crippen molar-refractivity contribution in [1.29, 1.82) is 0 Å². The first-order valence-electron chi connectivity index (χ1n) is 6.73. The summed E-state index contributed by atoms with van der Waals surface area (Å²) in [7, 11) is 0. The van der Waals surface area contributed by atoms with Crippen molar-refractivity contribution in [3.63, 3.8) is 0 Å². The summed E-state index contributed by atoms with van der Waals surface area (Å²) in [4.78, 5) is 12.3. The highest BCUT2D eigenvalue weighted by atomic mass is 16.4. The summed E-state index contributed by atoms with van der Waals surface area (Å²) in [6.07, 6.45) is 0.643. The third-order valence-corrected chi connectivity index (χ3v) is 3.36. The highest BCUT2D eigenvalue weighted by Gasteiger charge is 2.14. The van der Waals surface area contributed by atoms with Gasteiger partial charge in [0.15, 0.2) is 0 Å². The first-order chi connectivity index (χ1) is 10.3. The molecule has 0 saturated heterocycles. The van der Waals surface area contributed by atoms with Crippen molar-refractivity contribution < 1.29 is 14.3 Å². The largest absolute Gasteiger partial charge is 0.467 e. The number of benzene rings is 2. The molecule has 0 saturated carbocycles. The monoisotopic (exact) mass is 281 g/mol. The van der Waals surface area contributed by atoms with Crippen molar-refractivity contribution in [3.05, 3.63) is 72.2 Å². The highest BCUT2D eigenvalue weighted by Crippen LogP contribution is 2.18. The molecule has 0 bridgehead atoms. The van der Waals surface area contributed by atoms with Crippen molar-refractivity contribution in [2.45, 2.75) is 6.10 Å². The fourth-order valence-corrected chi connectivity index (χ4v) is 2.29. The lowest BCUT2D eigenvalue weighted by atomic mass is 10.0. The molecule has 0 radical (unpaired) electrons. The van der Waals surface area contributed by atoms with Crippen LogP contribution >= 0.6 is 0 Å². The van der Waals surface area contributed by atoms with Gasteiger partial charge in [0.25, 0.3) is 5.91 Å². The van der Waals surface area contributed by atoms with Crippen LogP contribution in [0, 0.1) is 0 Å². The minimum Gasteiger partial charge on any atom is -0.467 e. The van der Waals surface area contributed by atoms with Crippen LogP contribution in [0.5, 0.6) is 0 Å². The van der Waals surface area contributed by atoms with Gasteiger partial charge in [0.2, 0.25) is 0 Å². The van der Waals surface area contributed by atoms with Crippen molar-refractivity contribution in [3.8, 4) is 0 Å². The van der Waals surface area contributed by atoms with E-state index in [9.17, 15) is 9.90 Å². The van der Waals surface area contributed by atoms with Crippen LogP contribution in [0.3, 0.4) is 0 Å². The second-order valence-corrected chi connectivity index (χ2v) is 4.77. The zero-order chi connectivity index (χ0) is 14.7. The fraction of sp³-hybridized carbons (Fsp3) is 0.118. The zero-order valence-electron chi connectivity index (χ0n) is 11.3. The highest BCUT2D eigenvalue weighted by molar-refractivity contribution is 6.06. The van der Waals surface area contributed by atoms with Crippen LogP contribution in [0.2, 0.25) is 0 Å². The molecule has 0 spiro atoms. The summed E-state index contributed by atoms with van der Waals surface area (Å²) < 4.78 is 5.10. The average molecular weight is 281 g/mol. The maximum absolute atomic E-state index is 12.3. The number of furan rings is 1. The number of fused-ring (bicyclic) bond motifs is 1. The quantitative estimate of drug-likeness (QED) is 0.773. The Labute approximate surface area is 122 Å². The molecule has 106 valence electrons. The number of nitrogens with one attached hydrogen (secondary N) is 1. The van der Waals surface area contributed by atoms with Gasteiger partial charge in [-0.25, -0.2) is 0 Å². The molecule has 4 heteroatoms. The SMILES string of the molecule is O=C(NCC(O)c1ccco1)c1cccc2ccccc12. The summed E-state index contributed by atoms with van der Waals surface area (Å²) in [5, 5.41) is 14.5. The van der Waals surface area contributed by atoms with Gasteiger partial charge in [0.1, 0.15) is 11.9 Å². The number of aliphatic hydroxyl groups is 1. The third-order valence-electron chi connectivity index (χ3n) is 3.36. The van der Waals surface area contributed by atoms with E-state index in [1.165, 1.54) is 6.26 Å². The lowest BCUT2D eigenvalue weighted by Gasteiger charge is -2.11. The third kappa shape index (κ3) is 2.80. The Morgan fingerprint density at radius 3 is 2.71 bits per heavy atom. The Morgan fingerprint density at radius 2 is 1.90 bits per heavy atom. The van der Waals surface area contributed by atoms with Gasteiger partial charge in [-0.05, 0) is 29.0 Å². The van der Waals surface area contributed by atoms with Gasteiger partial charge in [-0.15, -0.1) is 0 Å². The van der Waals surface area contributed by atoms with E-state index in [-0.39, 0.29) is 12.5 Å². The van der Waals surface area contributed by atoms with Crippen molar-refractivity contribution in [2.75, 3.05) is 6.54 Å². The van der Waals surface area contributed by atoms with Gasteiger partial charge in [-0.1, -0.05) is 36.4 Å². The Bertz CT molecular complexity index is 744. The normalized spacial score (nSPS) is 12.2. The molecule has 1 aromatic heterocycles. The Morgan fingerprint density at radius 1 is 1.10 bits per heavy atom. The molecule has 1 heterocycles. The Kier molecular flexibility index (Phi) is 3.71. The second-order valence-electron chi connectivity index (χ2n) is 4.77. The number of hydrogen-bond donors (Lipinski definition) is 2. The molecule has 1 unspecified atom stereocenters. The number of aliphatic hydroxyl groups excluding tert-OH is 1. The molecule has 3 rings (SSSR count). The molecule has 4 nitrogen and oxygen atoms in total. The van der Waals surface area contributed by atoms with Crippen LogP contribution in [0.15, 0.2) is 65.3 Å². The number of amides is 1. The second kappa shape index (κ2) is 5.81. The lowest BCUT2D eigenvalue weighted by molar-refractivity contribution is 0.0902. The molecule has 0 aliphatic heterocycles. The van der Waals surface area contributed by atoms with Crippen LogP contribution in [-0.2, 0) is 0 Å². The predicted molar refractivity (Wildman–Crippen MR) is 79.9 cm³/mol. The smallest absolute Gasteiger partial charge is 0.252 e. The molecule has 0 fully saturated rings. The molecule has 1 amide bonds. The molecule has 0 aliphatic rings.